The lowest BCUT2D eigenvalue weighted by Gasteiger charge is -1.95. The molecule has 0 fully saturated rings. The van der Waals surface area contributed by atoms with Crippen molar-refractivity contribution < 1.29 is 4.39 Å². The van der Waals surface area contributed by atoms with E-state index in [4.69, 9.17) is 5.73 Å². The molecular weight excluding hydrogens is 143 g/mol. The third-order valence-corrected chi connectivity index (χ3v) is 1.38. The summed E-state index contributed by atoms with van der Waals surface area (Å²) in [7, 11) is 0. The molecule has 0 saturated heterocycles. The zero-order chi connectivity index (χ0) is 8.27. The van der Waals surface area contributed by atoms with E-state index < -0.39 is 0 Å². The Kier molecular flexibility index (Phi) is 2.21. The maximum atomic E-state index is 12.8. The summed E-state index contributed by atoms with van der Waals surface area (Å²) in [5, 5.41) is 0. The Hall–Kier alpha value is -1.38. The Bertz CT molecular complexity index is 281. The standard InChI is InChI=1S/C8H9FN2/c1-6-2-3-7(11-5-10)4-8(6)9/h2-5H,1H3,(H2,10,11). The summed E-state index contributed by atoms with van der Waals surface area (Å²) < 4.78 is 12.8. The van der Waals surface area contributed by atoms with E-state index in [9.17, 15) is 4.39 Å². The topological polar surface area (TPSA) is 38.4 Å². The van der Waals surface area contributed by atoms with Crippen LogP contribution in [0.5, 0.6) is 0 Å². The smallest absolute Gasteiger partial charge is 0.128 e. The predicted octanol–water partition coefficient (Wildman–Crippen LogP) is 1.75. The van der Waals surface area contributed by atoms with E-state index >= 15 is 0 Å². The number of rotatable bonds is 1. The first-order chi connectivity index (χ1) is 5.24. The van der Waals surface area contributed by atoms with Crippen LogP contribution in [0.2, 0.25) is 0 Å². The van der Waals surface area contributed by atoms with Crippen molar-refractivity contribution >= 4 is 12.0 Å². The highest BCUT2D eigenvalue weighted by Gasteiger charge is 1.95. The van der Waals surface area contributed by atoms with Crippen LogP contribution in [0, 0.1) is 12.7 Å². The third-order valence-electron chi connectivity index (χ3n) is 1.38. The monoisotopic (exact) mass is 152 g/mol. The molecule has 0 aliphatic carbocycles. The molecule has 11 heavy (non-hydrogen) atoms. The molecular formula is C8H9FN2. The van der Waals surface area contributed by atoms with E-state index in [0.29, 0.717) is 11.3 Å². The SMILES string of the molecule is Cc1ccc(N=CN)cc1F. The van der Waals surface area contributed by atoms with Crippen LogP contribution in [-0.2, 0) is 0 Å². The highest BCUT2D eigenvalue weighted by Crippen LogP contribution is 2.15. The maximum Gasteiger partial charge on any atom is 0.128 e. The van der Waals surface area contributed by atoms with E-state index in [2.05, 4.69) is 4.99 Å². The Morgan fingerprint density at radius 2 is 2.27 bits per heavy atom. The summed E-state index contributed by atoms with van der Waals surface area (Å²) in [6, 6.07) is 4.72. The fourth-order valence-corrected chi connectivity index (χ4v) is 0.748. The number of hydrogen-bond donors (Lipinski definition) is 1. The van der Waals surface area contributed by atoms with Crippen molar-refractivity contribution in [1.29, 1.82) is 0 Å². The first-order valence-electron chi connectivity index (χ1n) is 3.24. The van der Waals surface area contributed by atoms with Gasteiger partial charge in [-0.05, 0) is 24.6 Å². The Morgan fingerprint density at radius 1 is 1.55 bits per heavy atom. The van der Waals surface area contributed by atoms with E-state index in [1.165, 1.54) is 6.07 Å². The van der Waals surface area contributed by atoms with Gasteiger partial charge in [0.05, 0.1) is 12.0 Å². The zero-order valence-electron chi connectivity index (χ0n) is 6.21. The summed E-state index contributed by atoms with van der Waals surface area (Å²) in [6.45, 7) is 1.70. The molecule has 1 aromatic carbocycles. The Labute approximate surface area is 64.6 Å². The quantitative estimate of drug-likeness (QED) is 0.483. The zero-order valence-corrected chi connectivity index (χ0v) is 6.21. The lowest BCUT2D eigenvalue weighted by atomic mass is 10.2. The molecule has 2 N–H and O–H groups in total. The van der Waals surface area contributed by atoms with Crippen molar-refractivity contribution in [2.24, 2.45) is 10.7 Å². The van der Waals surface area contributed by atoms with Crippen LogP contribution in [0.3, 0.4) is 0 Å². The molecule has 1 rings (SSSR count). The van der Waals surface area contributed by atoms with Crippen molar-refractivity contribution in [3.63, 3.8) is 0 Å². The number of benzene rings is 1. The Balaban J connectivity index is 3.05. The van der Waals surface area contributed by atoms with Gasteiger partial charge in [-0.1, -0.05) is 6.07 Å². The van der Waals surface area contributed by atoms with Gasteiger partial charge in [-0.2, -0.15) is 0 Å². The second-order valence-corrected chi connectivity index (χ2v) is 2.21. The van der Waals surface area contributed by atoms with E-state index in [0.717, 1.165) is 6.34 Å². The number of aryl methyl sites for hydroxylation is 1. The van der Waals surface area contributed by atoms with Crippen molar-refractivity contribution in [1.82, 2.24) is 0 Å². The van der Waals surface area contributed by atoms with Crippen molar-refractivity contribution in [3.8, 4) is 0 Å². The second-order valence-electron chi connectivity index (χ2n) is 2.21. The fourth-order valence-electron chi connectivity index (χ4n) is 0.748. The largest absolute Gasteiger partial charge is 0.390 e. The lowest BCUT2D eigenvalue weighted by Crippen LogP contribution is -1.87. The molecule has 1 aromatic rings. The molecule has 58 valence electrons. The van der Waals surface area contributed by atoms with Gasteiger partial charge in [-0.15, -0.1) is 0 Å². The minimum atomic E-state index is -0.256. The van der Waals surface area contributed by atoms with Crippen molar-refractivity contribution in [2.75, 3.05) is 0 Å². The van der Waals surface area contributed by atoms with Gasteiger partial charge in [0.2, 0.25) is 0 Å². The van der Waals surface area contributed by atoms with Crippen LogP contribution in [-0.4, -0.2) is 6.34 Å². The van der Waals surface area contributed by atoms with Gasteiger partial charge in [-0.25, -0.2) is 9.38 Å². The minimum Gasteiger partial charge on any atom is -0.390 e. The summed E-state index contributed by atoms with van der Waals surface area (Å²) in [5.74, 6) is -0.256. The first kappa shape index (κ1) is 7.72. The van der Waals surface area contributed by atoms with Crippen LogP contribution in [0.1, 0.15) is 5.56 Å². The van der Waals surface area contributed by atoms with Crippen LogP contribution < -0.4 is 5.73 Å². The first-order valence-corrected chi connectivity index (χ1v) is 3.24. The third kappa shape index (κ3) is 1.77. The summed E-state index contributed by atoms with van der Waals surface area (Å²) in [5.41, 5.74) is 6.18. The van der Waals surface area contributed by atoms with E-state index in [1.807, 2.05) is 0 Å². The van der Waals surface area contributed by atoms with Crippen molar-refractivity contribution in [3.05, 3.63) is 29.6 Å². The molecule has 0 aliphatic heterocycles. The van der Waals surface area contributed by atoms with E-state index in [1.54, 1.807) is 19.1 Å². The number of aliphatic imine (C=N–C) groups is 1. The van der Waals surface area contributed by atoms with Crippen LogP contribution in [0.15, 0.2) is 23.2 Å². The van der Waals surface area contributed by atoms with Gasteiger partial charge in [0.25, 0.3) is 0 Å². The van der Waals surface area contributed by atoms with Crippen molar-refractivity contribution in [2.45, 2.75) is 6.92 Å². The molecule has 0 spiro atoms. The molecule has 0 atom stereocenters. The van der Waals surface area contributed by atoms with Gasteiger partial charge < -0.3 is 5.73 Å². The van der Waals surface area contributed by atoms with E-state index in [-0.39, 0.29) is 5.82 Å². The number of nitrogens with zero attached hydrogens (tertiary/aromatic N) is 1. The Morgan fingerprint density at radius 3 is 2.82 bits per heavy atom. The van der Waals surface area contributed by atoms with Gasteiger partial charge >= 0.3 is 0 Å². The molecule has 2 nitrogen and oxygen atoms in total. The van der Waals surface area contributed by atoms with Gasteiger partial charge in [0.15, 0.2) is 0 Å². The molecule has 0 saturated carbocycles. The van der Waals surface area contributed by atoms with Crippen LogP contribution in [0.25, 0.3) is 0 Å². The van der Waals surface area contributed by atoms with Gasteiger partial charge in [0, 0.05) is 0 Å². The van der Waals surface area contributed by atoms with Crippen LogP contribution in [0.4, 0.5) is 10.1 Å². The molecule has 0 radical (unpaired) electrons. The molecule has 3 heteroatoms. The highest BCUT2D eigenvalue weighted by molar-refractivity contribution is 5.59. The average molecular weight is 152 g/mol. The normalized spacial score (nSPS) is 10.7. The molecule has 0 aromatic heterocycles. The average Bonchev–Trinajstić information content (AvgIpc) is 1.98. The minimum absolute atomic E-state index is 0.256. The van der Waals surface area contributed by atoms with Crippen LogP contribution >= 0.6 is 0 Å². The molecule has 0 bridgehead atoms. The number of hydrogen-bond acceptors (Lipinski definition) is 1. The highest BCUT2D eigenvalue weighted by atomic mass is 19.1. The summed E-state index contributed by atoms with van der Waals surface area (Å²) in [4.78, 5) is 3.72. The van der Waals surface area contributed by atoms with Gasteiger partial charge in [0.1, 0.15) is 5.82 Å². The summed E-state index contributed by atoms with van der Waals surface area (Å²) >= 11 is 0. The van der Waals surface area contributed by atoms with Gasteiger partial charge in [-0.3, -0.25) is 0 Å². The number of nitrogens with two attached hydrogens (primary N) is 1. The summed E-state index contributed by atoms with van der Waals surface area (Å²) in [6.07, 6.45) is 1.14. The number of halogens is 1. The maximum absolute atomic E-state index is 12.8. The molecule has 0 unspecified atom stereocenters. The lowest BCUT2D eigenvalue weighted by molar-refractivity contribution is 0.619. The fraction of sp³-hybridized carbons (Fsp3) is 0.125. The molecule has 0 aliphatic rings. The molecule has 0 amide bonds. The predicted molar refractivity (Wildman–Crippen MR) is 43.5 cm³/mol. The second kappa shape index (κ2) is 3.14. The molecule has 0 heterocycles.